The molecule has 262 valence electrons. The van der Waals surface area contributed by atoms with Crippen LogP contribution in [0, 0.1) is 24.2 Å². The summed E-state index contributed by atoms with van der Waals surface area (Å²) < 4.78 is 5.73. The summed E-state index contributed by atoms with van der Waals surface area (Å²) in [5.74, 6) is -0.789. The van der Waals surface area contributed by atoms with Crippen LogP contribution in [-0.2, 0) is 17.9 Å². The van der Waals surface area contributed by atoms with Gasteiger partial charge in [0, 0.05) is 55.6 Å². The number of hydrogen-bond donors (Lipinski definition) is 3. The number of aliphatic carboxylic acids is 1. The molecule has 2 atom stereocenters. The zero-order chi connectivity index (χ0) is 36.1. The Labute approximate surface area is 302 Å². The number of nitrogens with zero attached hydrogens (tertiary/aromatic N) is 4. The van der Waals surface area contributed by atoms with E-state index in [2.05, 4.69) is 32.2 Å². The molecule has 2 fully saturated rings. The lowest BCUT2D eigenvalue weighted by Crippen LogP contribution is -2.23. The number of anilines is 1. The van der Waals surface area contributed by atoms with Crippen LogP contribution in [0.3, 0.4) is 0 Å². The van der Waals surface area contributed by atoms with Gasteiger partial charge in [0.05, 0.1) is 35.4 Å². The van der Waals surface area contributed by atoms with Crippen LogP contribution in [0.2, 0.25) is 5.02 Å². The lowest BCUT2D eigenvalue weighted by molar-refractivity contribution is -0.141. The molecule has 0 bridgehead atoms. The number of methoxy groups -OCH3 is 1. The Morgan fingerprint density at radius 1 is 1.02 bits per heavy atom. The zero-order valence-electron chi connectivity index (χ0n) is 28.6. The number of carboxylic acid groups (broad SMARTS) is 1. The Morgan fingerprint density at radius 3 is 2.45 bits per heavy atom. The van der Waals surface area contributed by atoms with Crippen LogP contribution in [0.4, 0.5) is 5.69 Å². The summed E-state index contributed by atoms with van der Waals surface area (Å²) in [7, 11) is 1.62. The average Bonchev–Trinajstić information content (AvgIpc) is 3.77. The summed E-state index contributed by atoms with van der Waals surface area (Å²) in [6.45, 7) is 5.98. The first-order valence-electron chi connectivity index (χ1n) is 16.9. The number of aryl methyl sites for hydroxylation is 1. The first kappa shape index (κ1) is 35.8. The van der Waals surface area contributed by atoms with Gasteiger partial charge in [-0.25, -0.2) is 0 Å². The molecule has 2 aliphatic heterocycles. The standard InChI is InChI=1S/C40H40ClN5O5/c1-25-17-30(23-46-15-13-29(22-46)40(49)50)37(51-2)18-28(25)11-10-27-5-3-6-32(34(27)19-42)33-7-4-8-35(38(33)41)44-39(48)36-12-9-26(20-43-36)21-45-16-14-31(47)24-45/h3-12,17-18,20,29,31,47H,13-16,21-24H2,1-2H3,(H,44,48)(H,49,50)/b11-10+/t29-,31-/m1/s1. The molecule has 2 aliphatic rings. The quantitative estimate of drug-likeness (QED) is 0.150. The van der Waals surface area contributed by atoms with Crippen molar-refractivity contribution in [3.8, 4) is 22.9 Å². The maximum Gasteiger partial charge on any atom is 0.307 e. The molecule has 0 radical (unpaired) electrons. The van der Waals surface area contributed by atoms with Crippen molar-refractivity contribution < 1.29 is 24.5 Å². The molecule has 51 heavy (non-hydrogen) atoms. The second kappa shape index (κ2) is 15.9. The summed E-state index contributed by atoms with van der Waals surface area (Å²) in [5, 5.41) is 32.7. The normalized spacial score (nSPS) is 17.9. The second-order valence-electron chi connectivity index (χ2n) is 13.1. The molecule has 2 saturated heterocycles. The largest absolute Gasteiger partial charge is 0.496 e. The average molecular weight is 706 g/mol. The highest BCUT2D eigenvalue weighted by Gasteiger charge is 2.28. The highest BCUT2D eigenvalue weighted by atomic mass is 35.5. The topological polar surface area (TPSA) is 139 Å². The number of nitriles is 1. The molecule has 1 aromatic heterocycles. The van der Waals surface area contributed by atoms with Crippen LogP contribution < -0.4 is 10.1 Å². The van der Waals surface area contributed by atoms with Gasteiger partial charge in [0.2, 0.25) is 0 Å². The summed E-state index contributed by atoms with van der Waals surface area (Å²) in [5.41, 5.74) is 6.91. The Bertz CT molecular complexity index is 2010. The van der Waals surface area contributed by atoms with Gasteiger partial charge in [0.25, 0.3) is 5.91 Å². The van der Waals surface area contributed by atoms with Gasteiger partial charge in [-0.05, 0) is 66.8 Å². The summed E-state index contributed by atoms with van der Waals surface area (Å²) in [6, 6.07) is 20.8. The minimum absolute atomic E-state index is 0.245. The molecule has 0 aliphatic carbocycles. The zero-order valence-corrected chi connectivity index (χ0v) is 29.4. The van der Waals surface area contributed by atoms with E-state index in [0.29, 0.717) is 71.3 Å². The van der Waals surface area contributed by atoms with Crippen LogP contribution in [0.5, 0.6) is 5.75 Å². The third-order valence-electron chi connectivity index (χ3n) is 9.58. The van der Waals surface area contributed by atoms with Crippen LogP contribution in [0.15, 0.2) is 66.9 Å². The number of nitrogens with one attached hydrogen (secondary N) is 1. The molecule has 4 aromatic rings. The fraction of sp³-hybridized carbons (Fsp3) is 0.300. The predicted molar refractivity (Wildman–Crippen MR) is 197 cm³/mol. The van der Waals surface area contributed by atoms with E-state index in [0.717, 1.165) is 41.8 Å². The molecule has 3 aromatic carbocycles. The number of β-amino-alcohol motifs (C(OH)–C–C–N with tert-alkyl or cyclic N) is 1. The third-order valence-corrected chi connectivity index (χ3v) is 9.99. The number of rotatable bonds is 11. The number of halogens is 1. The van der Waals surface area contributed by atoms with E-state index < -0.39 is 11.9 Å². The minimum Gasteiger partial charge on any atom is -0.496 e. The first-order chi connectivity index (χ1) is 24.6. The fourth-order valence-corrected chi connectivity index (χ4v) is 7.08. The Kier molecular flexibility index (Phi) is 11.1. The summed E-state index contributed by atoms with van der Waals surface area (Å²) >= 11 is 6.88. The third kappa shape index (κ3) is 8.30. The molecule has 10 nitrogen and oxygen atoms in total. The van der Waals surface area contributed by atoms with Gasteiger partial charge < -0.3 is 20.3 Å². The maximum atomic E-state index is 13.2. The number of benzene rings is 3. The van der Waals surface area contributed by atoms with E-state index in [4.69, 9.17) is 16.3 Å². The Hall–Kier alpha value is -5.05. The van der Waals surface area contributed by atoms with Crippen molar-refractivity contribution in [3.05, 3.63) is 111 Å². The van der Waals surface area contributed by atoms with Crippen LogP contribution in [0.25, 0.3) is 23.3 Å². The van der Waals surface area contributed by atoms with E-state index in [1.165, 1.54) is 0 Å². The number of pyridine rings is 1. The van der Waals surface area contributed by atoms with E-state index in [1.807, 2.05) is 55.5 Å². The molecule has 3 N–H and O–H groups in total. The fourth-order valence-electron chi connectivity index (χ4n) is 6.80. The number of carbonyl (C=O) groups is 2. The van der Waals surface area contributed by atoms with Crippen molar-refractivity contribution in [2.24, 2.45) is 5.92 Å². The number of carboxylic acids is 1. The van der Waals surface area contributed by atoms with Crippen LogP contribution in [-0.4, -0.2) is 76.3 Å². The lowest BCUT2D eigenvalue weighted by Gasteiger charge is -2.19. The number of likely N-dealkylation sites (tertiary alicyclic amines) is 2. The highest BCUT2D eigenvalue weighted by molar-refractivity contribution is 6.36. The molecule has 3 heterocycles. The molecule has 0 saturated carbocycles. The molecule has 1 amide bonds. The monoisotopic (exact) mass is 705 g/mol. The van der Waals surface area contributed by atoms with Crippen molar-refractivity contribution in [1.82, 2.24) is 14.8 Å². The van der Waals surface area contributed by atoms with Crippen LogP contribution >= 0.6 is 11.6 Å². The Balaban J connectivity index is 1.19. The van der Waals surface area contributed by atoms with E-state index >= 15 is 0 Å². The number of carbonyl (C=O) groups excluding carboxylic acids is 1. The van der Waals surface area contributed by atoms with Crippen molar-refractivity contribution in [2.75, 3.05) is 38.6 Å². The van der Waals surface area contributed by atoms with E-state index in [-0.39, 0.29) is 17.7 Å². The van der Waals surface area contributed by atoms with Gasteiger partial charge >= 0.3 is 5.97 Å². The predicted octanol–water partition coefficient (Wildman–Crippen LogP) is 6.49. The molecule has 6 rings (SSSR count). The summed E-state index contributed by atoms with van der Waals surface area (Å²) in [4.78, 5) is 33.2. The molecule has 0 spiro atoms. The van der Waals surface area contributed by atoms with Gasteiger partial charge in [-0.2, -0.15) is 5.26 Å². The molecular weight excluding hydrogens is 666 g/mol. The first-order valence-corrected chi connectivity index (χ1v) is 17.3. The minimum atomic E-state index is -0.755. The van der Waals surface area contributed by atoms with Gasteiger partial charge in [-0.3, -0.25) is 24.4 Å². The number of aromatic nitrogens is 1. The lowest BCUT2D eigenvalue weighted by atomic mass is 9.94. The highest BCUT2D eigenvalue weighted by Crippen LogP contribution is 2.37. The van der Waals surface area contributed by atoms with Crippen molar-refractivity contribution in [3.63, 3.8) is 0 Å². The second-order valence-corrected chi connectivity index (χ2v) is 13.5. The van der Waals surface area contributed by atoms with Crippen molar-refractivity contribution in [1.29, 1.82) is 5.26 Å². The SMILES string of the molecule is COc1cc(/C=C/c2cccc(-c3cccc(NC(=O)c4ccc(CN5CC[C@@H](O)C5)cn4)c3Cl)c2C#N)c(C)cc1CN1CC[C@@H](C(=O)O)C1. The van der Waals surface area contributed by atoms with Gasteiger partial charge in [0.1, 0.15) is 17.5 Å². The molecular formula is C40H40ClN5O5. The number of aliphatic hydroxyl groups is 1. The van der Waals surface area contributed by atoms with E-state index in [1.54, 1.807) is 31.5 Å². The Morgan fingerprint density at radius 2 is 1.76 bits per heavy atom. The molecule has 11 heteroatoms. The van der Waals surface area contributed by atoms with Crippen molar-refractivity contribution in [2.45, 2.75) is 39.0 Å². The number of amides is 1. The van der Waals surface area contributed by atoms with Crippen molar-refractivity contribution >= 4 is 41.3 Å². The number of ether oxygens (including phenoxy) is 1. The smallest absolute Gasteiger partial charge is 0.307 e. The molecule has 0 unspecified atom stereocenters. The van der Waals surface area contributed by atoms with Crippen LogP contribution in [0.1, 0.15) is 56.7 Å². The maximum absolute atomic E-state index is 13.2. The number of aliphatic hydroxyl groups excluding tert-OH is 1. The summed E-state index contributed by atoms with van der Waals surface area (Å²) in [6.07, 6.45) is 6.61. The van der Waals surface area contributed by atoms with Gasteiger partial charge in [-0.1, -0.05) is 66.2 Å². The van der Waals surface area contributed by atoms with E-state index in [9.17, 15) is 25.1 Å². The van der Waals surface area contributed by atoms with Gasteiger partial charge in [0.15, 0.2) is 0 Å². The van der Waals surface area contributed by atoms with Gasteiger partial charge in [-0.15, -0.1) is 0 Å². The number of hydrogen-bond acceptors (Lipinski definition) is 8.